The minimum atomic E-state index is -0.128. The summed E-state index contributed by atoms with van der Waals surface area (Å²) in [5.74, 6) is 0. The van der Waals surface area contributed by atoms with Gasteiger partial charge in [0, 0.05) is 83.4 Å². The van der Waals surface area contributed by atoms with Crippen molar-refractivity contribution in [2.45, 2.75) is 154 Å². The highest BCUT2D eigenvalue weighted by Crippen LogP contribution is 2.62. The summed E-state index contributed by atoms with van der Waals surface area (Å²) in [4.78, 5) is 9.44. The fourth-order valence-electron chi connectivity index (χ4n) is 16.8. The van der Waals surface area contributed by atoms with Gasteiger partial charge in [0.2, 0.25) is 0 Å². The molecule has 8 aromatic carbocycles. The zero-order valence-electron chi connectivity index (χ0n) is 49.7. The Bertz CT molecular complexity index is 4500. The summed E-state index contributed by atoms with van der Waals surface area (Å²) < 4.78 is 11.2. The third-order valence-electron chi connectivity index (χ3n) is 21.4. The van der Waals surface area contributed by atoms with Crippen molar-refractivity contribution in [2.24, 2.45) is 0 Å². The molecule has 2 saturated carbocycles. The van der Waals surface area contributed by atoms with Crippen molar-refractivity contribution >= 4 is 127 Å². The smallest absolute Gasteiger partial charge is 0.252 e. The summed E-state index contributed by atoms with van der Waals surface area (Å²) >= 11 is 1.94. The van der Waals surface area contributed by atoms with Crippen LogP contribution in [0.1, 0.15) is 149 Å². The highest BCUT2D eigenvalue weighted by Gasteiger charge is 2.58. The number of benzene rings is 8. The van der Waals surface area contributed by atoms with Crippen molar-refractivity contribution in [3.8, 4) is 5.69 Å². The number of rotatable bonds is 6. The molecule has 7 heteroatoms. The van der Waals surface area contributed by atoms with Crippen LogP contribution in [0.5, 0.6) is 0 Å². The van der Waals surface area contributed by atoms with E-state index in [2.05, 4.69) is 240 Å². The Hall–Kier alpha value is -7.22. The van der Waals surface area contributed by atoms with E-state index in [0.717, 1.165) is 40.6 Å². The van der Waals surface area contributed by atoms with E-state index < -0.39 is 0 Å². The number of nitrogens with zero attached hydrogens (tertiary/aromatic N) is 4. The monoisotopic (exact) mass is 1090 g/mol. The van der Waals surface area contributed by atoms with Crippen LogP contribution >= 0.6 is 11.3 Å². The van der Waals surface area contributed by atoms with Gasteiger partial charge in [-0.15, -0.1) is 11.3 Å². The van der Waals surface area contributed by atoms with Crippen molar-refractivity contribution in [1.29, 1.82) is 0 Å². The lowest BCUT2D eigenvalue weighted by atomic mass is 9.33. The van der Waals surface area contributed by atoms with E-state index >= 15 is 0 Å². The summed E-state index contributed by atoms with van der Waals surface area (Å²) in [5, 5.41) is 6.30. The van der Waals surface area contributed by atoms with Gasteiger partial charge in [-0.1, -0.05) is 185 Å². The number of aromatic nitrogens is 1. The number of anilines is 7. The average Bonchev–Trinajstić information content (AvgIpc) is 2.11. The Kier molecular flexibility index (Phi) is 10.7. The standard InChI is InChI=1S/C75H75BN4OS/c1-11-77(58-35-31-46(71(2,3)4)41-54(58)73(8)37-17-12-18-38-73)49-44-62-67-63(45-49)79-68-53(66-52-24-14-16-30-65(52)82-70(66)79)26-21-27-57(68)76(67)56-34-33-48(43-61(56)78(62)60-28-22-25-51-50-23-13-15-29-64(50)81-69(51)60)80-59-36-32-47(72(5,6)7)42-55(59)74(9)39-19-20-40-75(74,80)10/h13-16,21-36,41-45H,11-12,17-20,37-40H2,1-10H3. The van der Waals surface area contributed by atoms with E-state index in [4.69, 9.17) is 4.42 Å². The molecule has 2 fully saturated rings. The molecular weight excluding hydrogens is 1020 g/mol. The van der Waals surface area contributed by atoms with Gasteiger partial charge in [-0.05, 0) is 149 Å². The number of fused-ring (bicyclic) bond motifs is 15. The molecule has 5 nitrogen and oxygen atoms in total. The second kappa shape index (κ2) is 17.4. The molecule has 0 saturated heterocycles. The van der Waals surface area contributed by atoms with Crippen LogP contribution in [0, 0.1) is 0 Å². The first kappa shape index (κ1) is 50.5. The molecular formula is C75H75BN4OS. The number of furan rings is 1. The second-order valence-corrected chi connectivity index (χ2v) is 29.0. The van der Waals surface area contributed by atoms with Crippen LogP contribution in [-0.4, -0.2) is 23.4 Å². The Morgan fingerprint density at radius 3 is 2.05 bits per heavy atom. The van der Waals surface area contributed by atoms with Crippen LogP contribution in [-0.2, 0) is 21.7 Å². The van der Waals surface area contributed by atoms with E-state index in [-0.39, 0.29) is 33.9 Å². The molecule has 82 heavy (non-hydrogen) atoms. The number of thiophene rings is 1. The van der Waals surface area contributed by atoms with Gasteiger partial charge in [0.15, 0.2) is 5.58 Å². The minimum absolute atomic E-state index is 0.0165. The van der Waals surface area contributed by atoms with Crippen LogP contribution in [0.25, 0.3) is 58.8 Å². The molecule has 5 aliphatic rings. The Labute approximate surface area is 488 Å². The fourth-order valence-corrected chi connectivity index (χ4v) is 18.0. The third-order valence-corrected chi connectivity index (χ3v) is 22.5. The zero-order chi connectivity index (χ0) is 56.0. The fraction of sp³-hybridized carbons (Fsp3) is 0.333. The van der Waals surface area contributed by atoms with Gasteiger partial charge in [0.25, 0.3) is 6.71 Å². The van der Waals surface area contributed by atoms with Gasteiger partial charge in [0.1, 0.15) is 10.4 Å². The first-order chi connectivity index (χ1) is 39.5. The molecule has 0 bridgehead atoms. The van der Waals surface area contributed by atoms with Gasteiger partial charge < -0.3 is 23.7 Å². The predicted molar refractivity (Wildman–Crippen MR) is 353 cm³/mol. The maximum Gasteiger partial charge on any atom is 0.252 e. The lowest BCUT2D eigenvalue weighted by Crippen LogP contribution is -2.60. The van der Waals surface area contributed by atoms with E-state index in [0.29, 0.717) is 0 Å². The molecule has 2 atom stereocenters. The van der Waals surface area contributed by atoms with Crippen LogP contribution in [0.2, 0.25) is 0 Å². The lowest BCUT2D eigenvalue weighted by molar-refractivity contribution is 0.195. The van der Waals surface area contributed by atoms with Crippen LogP contribution < -0.4 is 31.1 Å². The van der Waals surface area contributed by atoms with Gasteiger partial charge in [-0.2, -0.15) is 0 Å². The van der Waals surface area contributed by atoms with Gasteiger partial charge >= 0.3 is 0 Å². The molecule has 11 aromatic rings. The second-order valence-electron chi connectivity index (χ2n) is 28.0. The number of hydrogen-bond donors (Lipinski definition) is 0. The van der Waals surface area contributed by atoms with Crippen molar-refractivity contribution in [1.82, 2.24) is 4.57 Å². The maximum atomic E-state index is 7.20. The highest BCUT2D eigenvalue weighted by atomic mass is 32.1. The van der Waals surface area contributed by atoms with Crippen LogP contribution in [0.4, 0.5) is 39.8 Å². The van der Waals surface area contributed by atoms with E-state index in [1.165, 1.54) is 161 Å². The van der Waals surface area contributed by atoms with Crippen molar-refractivity contribution in [2.75, 3.05) is 21.2 Å². The molecule has 6 heterocycles. The molecule has 0 amide bonds. The predicted octanol–water partition coefficient (Wildman–Crippen LogP) is 19.2. The summed E-state index contributed by atoms with van der Waals surface area (Å²) in [6.45, 7) is 25.1. The van der Waals surface area contributed by atoms with Gasteiger partial charge in [-0.3, -0.25) is 0 Å². The largest absolute Gasteiger partial charge is 0.454 e. The molecule has 0 radical (unpaired) electrons. The quantitative estimate of drug-likeness (QED) is 0.155. The Balaban J connectivity index is 1.02. The zero-order valence-corrected chi connectivity index (χ0v) is 50.5. The first-order valence-corrected chi connectivity index (χ1v) is 31.7. The molecule has 410 valence electrons. The van der Waals surface area contributed by atoms with Crippen molar-refractivity contribution < 1.29 is 4.42 Å². The normalized spacial score (nSPS) is 20.0. The summed E-state index contributed by atoms with van der Waals surface area (Å²) in [6.07, 6.45) is 11.0. The lowest BCUT2D eigenvalue weighted by Gasteiger charge is -2.50. The maximum absolute atomic E-state index is 7.20. The van der Waals surface area contributed by atoms with E-state index in [1.807, 2.05) is 11.3 Å². The minimum Gasteiger partial charge on any atom is -0.454 e. The van der Waals surface area contributed by atoms with Crippen LogP contribution in [0.15, 0.2) is 156 Å². The molecule has 0 spiro atoms. The van der Waals surface area contributed by atoms with E-state index in [9.17, 15) is 0 Å². The van der Waals surface area contributed by atoms with Crippen molar-refractivity contribution in [3.63, 3.8) is 0 Å². The van der Waals surface area contributed by atoms with Crippen LogP contribution in [0.3, 0.4) is 0 Å². The summed E-state index contributed by atoms with van der Waals surface area (Å²) in [5.41, 5.74) is 22.9. The Morgan fingerprint density at radius 1 is 0.573 bits per heavy atom. The third kappa shape index (κ3) is 6.86. The molecule has 2 unspecified atom stereocenters. The molecule has 2 aliphatic carbocycles. The highest BCUT2D eigenvalue weighted by molar-refractivity contribution is 7.26. The summed E-state index contributed by atoms with van der Waals surface area (Å²) in [7, 11) is 0. The average molecular weight is 1090 g/mol. The van der Waals surface area contributed by atoms with Gasteiger partial charge in [0.05, 0.1) is 16.7 Å². The number of hydrogen-bond acceptors (Lipinski definition) is 5. The molecule has 3 aliphatic heterocycles. The molecule has 0 N–H and O–H groups in total. The molecule has 16 rings (SSSR count). The summed E-state index contributed by atoms with van der Waals surface area (Å²) in [6, 6.07) is 59.6. The SMILES string of the molecule is CCN(c1cc2c3c(c1)-n1c4sc5ccccc5c4c4cccc(c41)B3c1ccc(N3c4ccc(C(C)(C)C)cc4C4(C)CCCCC34C)cc1N2c1cccc2c1oc1ccccc12)c1ccc(C(C)(C)C)cc1C1(C)CCCCC1. The number of para-hydroxylation sites is 3. The Morgan fingerprint density at radius 2 is 1.26 bits per heavy atom. The first-order valence-electron chi connectivity index (χ1n) is 30.8. The molecule has 3 aromatic heterocycles. The van der Waals surface area contributed by atoms with E-state index in [1.54, 1.807) is 0 Å². The topological polar surface area (TPSA) is 27.8 Å². The van der Waals surface area contributed by atoms with Gasteiger partial charge in [-0.25, -0.2) is 0 Å². The van der Waals surface area contributed by atoms with Crippen molar-refractivity contribution in [3.05, 3.63) is 174 Å².